The molecule has 227 valence electrons. The van der Waals surface area contributed by atoms with Crippen LogP contribution in [0.2, 0.25) is 19.6 Å². The van der Waals surface area contributed by atoms with Gasteiger partial charge in [0.05, 0.1) is 13.7 Å². The average Bonchev–Trinajstić information content (AvgIpc) is 3.43. The van der Waals surface area contributed by atoms with Crippen molar-refractivity contribution in [1.82, 2.24) is 9.97 Å². The Hall–Kier alpha value is -4.22. The van der Waals surface area contributed by atoms with Gasteiger partial charge in [0.2, 0.25) is 0 Å². The van der Waals surface area contributed by atoms with Crippen molar-refractivity contribution in [2.24, 2.45) is 0 Å². The van der Waals surface area contributed by atoms with Crippen molar-refractivity contribution in [2.45, 2.75) is 32.5 Å². The Kier molecular flexibility index (Phi) is 9.46. The SMILES string of the molecule is C[Si](C)(C)c1ccc(-c2[c-]ccc3c2oc2cc(F)ccc23)nc1.[2H]C(C)(c1ccccc1)c1ccnc(-c2[c-]cccc2)c1.[Ir]. The molecule has 1 radical (unpaired) electrons. The Balaban J connectivity index is 0.000000179. The number of pyridine rings is 2. The van der Waals surface area contributed by atoms with E-state index in [2.05, 4.69) is 47.8 Å². The van der Waals surface area contributed by atoms with E-state index >= 15 is 0 Å². The largest absolute Gasteiger partial charge is 0.500 e. The number of benzene rings is 4. The molecule has 3 heterocycles. The van der Waals surface area contributed by atoms with E-state index in [4.69, 9.17) is 5.79 Å². The van der Waals surface area contributed by atoms with Crippen LogP contribution in [0.15, 0.2) is 126 Å². The summed E-state index contributed by atoms with van der Waals surface area (Å²) < 4.78 is 28.1. The Labute approximate surface area is 280 Å². The fourth-order valence-corrected chi connectivity index (χ4v) is 6.14. The predicted molar refractivity (Wildman–Crippen MR) is 181 cm³/mol. The van der Waals surface area contributed by atoms with E-state index in [9.17, 15) is 4.39 Å². The fraction of sp³-hybridized carbons (Fsp3) is 0.128. The second-order valence-corrected chi connectivity index (χ2v) is 16.8. The van der Waals surface area contributed by atoms with Crippen molar-refractivity contribution >= 4 is 35.2 Å². The Bertz CT molecular complexity index is 2080. The molecule has 7 aromatic rings. The van der Waals surface area contributed by atoms with Gasteiger partial charge in [-0.05, 0) is 45.9 Å². The zero-order valence-corrected chi connectivity index (χ0v) is 29.0. The third-order valence-electron chi connectivity index (χ3n) is 7.67. The van der Waals surface area contributed by atoms with E-state index < -0.39 is 14.0 Å². The van der Waals surface area contributed by atoms with Crippen molar-refractivity contribution in [3.05, 3.63) is 151 Å². The van der Waals surface area contributed by atoms with E-state index in [-0.39, 0.29) is 25.9 Å². The Morgan fingerprint density at radius 1 is 0.778 bits per heavy atom. The maximum Gasteiger partial charge on any atom is 0.126 e. The van der Waals surface area contributed by atoms with Gasteiger partial charge in [-0.15, -0.1) is 54.1 Å². The van der Waals surface area contributed by atoms with Gasteiger partial charge in [-0.3, -0.25) is 0 Å². The summed E-state index contributed by atoms with van der Waals surface area (Å²) in [4.78, 5) is 9.02. The van der Waals surface area contributed by atoms with E-state index in [1.807, 2.05) is 98.0 Å². The van der Waals surface area contributed by atoms with Gasteiger partial charge in [-0.2, -0.15) is 0 Å². The Morgan fingerprint density at radius 2 is 1.58 bits per heavy atom. The molecule has 3 nitrogen and oxygen atoms in total. The number of hydrogen-bond acceptors (Lipinski definition) is 3. The summed E-state index contributed by atoms with van der Waals surface area (Å²) in [5, 5.41) is 3.17. The van der Waals surface area contributed by atoms with Crippen LogP contribution in [0.4, 0.5) is 4.39 Å². The third kappa shape index (κ3) is 7.20. The number of fused-ring (bicyclic) bond motifs is 3. The summed E-state index contributed by atoms with van der Waals surface area (Å²) in [7, 11) is -1.38. The molecule has 1 unspecified atom stereocenters. The Morgan fingerprint density at radius 3 is 2.29 bits per heavy atom. The molecule has 0 aliphatic heterocycles. The van der Waals surface area contributed by atoms with Crippen LogP contribution in [0.25, 0.3) is 44.5 Å². The number of hydrogen-bond donors (Lipinski definition) is 0. The van der Waals surface area contributed by atoms with Gasteiger partial charge in [0.15, 0.2) is 0 Å². The number of halogens is 1. The molecule has 3 aromatic heterocycles. The normalized spacial score (nSPS) is 12.9. The van der Waals surface area contributed by atoms with Crippen LogP contribution in [0, 0.1) is 17.9 Å². The summed E-state index contributed by atoms with van der Waals surface area (Å²) in [5.41, 5.74) is 6.57. The zero-order chi connectivity index (χ0) is 31.6. The van der Waals surface area contributed by atoms with Crippen molar-refractivity contribution in [1.29, 1.82) is 0 Å². The van der Waals surface area contributed by atoms with Gasteiger partial charge in [0.25, 0.3) is 0 Å². The van der Waals surface area contributed by atoms with Crippen LogP contribution in [-0.2, 0) is 20.1 Å². The molecule has 0 saturated carbocycles. The van der Waals surface area contributed by atoms with Crippen LogP contribution >= 0.6 is 0 Å². The van der Waals surface area contributed by atoms with E-state index in [1.54, 1.807) is 12.3 Å². The summed E-state index contributed by atoms with van der Waals surface area (Å²) in [5.74, 6) is -1.10. The minimum atomic E-state index is -1.38. The molecule has 1 atom stereocenters. The third-order valence-corrected chi connectivity index (χ3v) is 9.69. The zero-order valence-electron chi connectivity index (χ0n) is 26.6. The van der Waals surface area contributed by atoms with Crippen molar-refractivity contribution in [2.75, 3.05) is 0 Å². The second-order valence-electron chi connectivity index (χ2n) is 11.7. The molecule has 0 spiro atoms. The number of aromatic nitrogens is 2. The van der Waals surface area contributed by atoms with Crippen LogP contribution in [0.3, 0.4) is 0 Å². The first-order valence-corrected chi connectivity index (χ1v) is 18.1. The first-order chi connectivity index (χ1) is 21.6. The van der Waals surface area contributed by atoms with Crippen LogP contribution < -0.4 is 5.19 Å². The van der Waals surface area contributed by atoms with Crippen LogP contribution in [-0.4, -0.2) is 18.0 Å². The van der Waals surface area contributed by atoms with Crippen LogP contribution in [0.5, 0.6) is 0 Å². The minimum Gasteiger partial charge on any atom is -0.500 e. The first kappa shape index (κ1) is 30.8. The summed E-state index contributed by atoms with van der Waals surface area (Å²) in [6.07, 6.45) is 3.72. The standard InChI is InChI=1S/C20H17FNOSi.C19H16N.Ir/c1-24(2,3)14-8-10-18(22-12-14)17-6-4-5-16-15-9-7-13(21)11-19(15)23-20(16)17;1-15(16-8-4-2-5-9-16)18-12-13-20-19(14-18)17-10-6-3-7-11-17;/h4-5,7-12H,1-3H3;2-10,12-15H,1H3;/q2*-1;/i;15D;. The molecule has 6 heteroatoms. The molecule has 7 rings (SSSR count). The molecule has 4 aromatic carbocycles. The average molecular weight is 786 g/mol. The molecular weight excluding hydrogens is 752 g/mol. The molecular formula is C39H33FIrN2OSi-2. The van der Waals surface area contributed by atoms with Gasteiger partial charge < -0.3 is 14.4 Å². The predicted octanol–water partition coefficient (Wildman–Crippen LogP) is 9.83. The minimum absolute atomic E-state index is 0. The molecule has 0 fully saturated rings. The quantitative estimate of drug-likeness (QED) is 0.129. The van der Waals surface area contributed by atoms with E-state index in [1.165, 1.54) is 17.3 Å². The van der Waals surface area contributed by atoms with Gasteiger partial charge in [-0.1, -0.05) is 86.0 Å². The van der Waals surface area contributed by atoms with Crippen molar-refractivity contribution < 1.29 is 30.3 Å². The molecule has 0 aliphatic carbocycles. The van der Waals surface area contributed by atoms with Crippen molar-refractivity contribution in [3.63, 3.8) is 0 Å². The first-order valence-electron chi connectivity index (χ1n) is 15.1. The van der Waals surface area contributed by atoms with Gasteiger partial charge >= 0.3 is 0 Å². The number of furan rings is 1. The van der Waals surface area contributed by atoms with Crippen molar-refractivity contribution in [3.8, 4) is 22.5 Å². The summed E-state index contributed by atoms with van der Waals surface area (Å²) in [6, 6.07) is 40.5. The summed E-state index contributed by atoms with van der Waals surface area (Å²) >= 11 is 0. The molecule has 45 heavy (non-hydrogen) atoms. The van der Waals surface area contributed by atoms with Gasteiger partial charge in [0.1, 0.15) is 11.4 Å². The maximum atomic E-state index is 13.5. The fourth-order valence-electron chi connectivity index (χ4n) is 5.11. The molecule has 0 aliphatic rings. The molecule has 0 N–H and O–H groups in total. The number of nitrogens with zero attached hydrogens (tertiary/aromatic N) is 2. The second kappa shape index (κ2) is 13.8. The molecule has 0 bridgehead atoms. The van der Waals surface area contributed by atoms with Gasteiger partial charge in [0, 0.05) is 51.2 Å². The van der Waals surface area contributed by atoms with Gasteiger partial charge in [-0.25, -0.2) is 4.39 Å². The van der Waals surface area contributed by atoms with E-state index in [0.717, 1.165) is 44.4 Å². The monoisotopic (exact) mass is 786 g/mol. The number of rotatable bonds is 5. The molecule has 0 amide bonds. The smallest absolute Gasteiger partial charge is 0.126 e. The summed E-state index contributed by atoms with van der Waals surface area (Å²) in [6.45, 7) is 8.80. The van der Waals surface area contributed by atoms with E-state index in [0.29, 0.717) is 11.2 Å². The topological polar surface area (TPSA) is 38.9 Å². The maximum absolute atomic E-state index is 13.5. The molecule has 0 saturated heterocycles. The van der Waals surface area contributed by atoms with Crippen LogP contribution in [0.1, 0.15) is 25.3 Å².